The van der Waals surface area contributed by atoms with E-state index in [1.54, 1.807) is 0 Å². The van der Waals surface area contributed by atoms with Crippen LogP contribution in [-0.2, 0) is 4.79 Å². The molecule has 0 heterocycles. The lowest BCUT2D eigenvalue weighted by Crippen LogP contribution is -2.32. The highest BCUT2D eigenvalue weighted by atomic mass is 16.3. The highest BCUT2D eigenvalue weighted by Gasteiger charge is 2.56. The summed E-state index contributed by atoms with van der Waals surface area (Å²) in [6.07, 6.45) is 5.72. The molecule has 3 nitrogen and oxygen atoms in total. The molecular weight excluding hydrogens is 226 g/mol. The molecule has 0 bridgehead atoms. The number of hydrogen-bond donors (Lipinski definition) is 2. The maximum Gasteiger partial charge on any atom is 0.223 e. The molecule has 2 N–H and O–H groups in total. The van der Waals surface area contributed by atoms with Crippen LogP contribution >= 0.6 is 0 Å². The Morgan fingerprint density at radius 2 is 2.00 bits per heavy atom. The zero-order valence-electron chi connectivity index (χ0n) is 11.7. The number of nitrogens with one attached hydrogen (secondary N) is 1. The second-order valence-corrected chi connectivity index (χ2v) is 6.54. The fraction of sp³-hybridized carbons (Fsp3) is 0.933. The zero-order chi connectivity index (χ0) is 13.1. The molecule has 104 valence electrons. The van der Waals surface area contributed by atoms with Crippen molar-refractivity contribution in [1.82, 2.24) is 5.32 Å². The Balaban J connectivity index is 1.70. The van der Waals surface area contributed by atoms with Crippen LogP contribution < -0.4 is 5.32 Å². The first-order valence-electron chi connectivity index (χ1n) is 7.52. The lowest BCUT2D eigenvalue weighted by Gasteiger charge is -2.19. The Morgan fingerprint density at radius 1 is 1.33 bits per heavy atom. The summed E-state index contributed by atoms with van der Waals surface area (Å²) < 4.78 is 0. The molecule has 3 heteroatoms. The Labute approximate surface area is 110 Å². The molecule has 2 aliphatic rings. The van der Waals surface area contributed by atoms with E-state index in [0.717, 1.165) is 19.4 Å². The minimum atomic E-state index is 0.224. The van der Waals surface area contributed by atoms with Gasteiger partial charge in [-0.05, 0) is 49.4 Å². The van der Waals surface area contributed by atoms with E-state index in [0.29, 0.717) is 29.6 Å². The van der Waals surface area contributed by atoms with Gasteiger partial charge in [0.05, 0.1) is 0 Å². The van der Waals surface area contributed by atoms with Crippen LogP contribution in [0.1, 0.15) is 46.0 Å². The molecule has 2 aliphatic carbocycles. The standard InChI is InChI=1S/C15H27NO2/c1-10(2)8-11(6-7-17)9-16-15(18)14-12-4-3-5-13(12)14/h10-14,17H,3-9H2,1-2H3,(H,16,18). The normalized spacial score (nSPS) is 31.2. The molecular formula is C15H27NO2. The third-order valence-corrected chi connectivity index (χ3v) is 4.62. The summed E-state index contributed by atoms with van der Waals surface area (Å²) in [7, 11) is 0. The van der Waals surface area contributed by atoms with Crippen LogP contribution in [0.15, 0.2) is 0 Å². The summed E-state index contributed by atoms with van der Waals surface area (Å²) in [6, 6.07) is 0. The van der Waals surface area contributed by atoms with E-state index in [1.807, 2.05) is 0 Å². The Hall–Kier alpha value is -0.570. The number of hydrogen-bond acceptors (Lipinski definition) is 2. The fourth-order valence-electron chi connectivity index (χ4n) is 3.73. The van der Waals surface area contributed by atoms with Crippen molar-refractivity contribution in [2.45, 2.75) is 46.0 Å². The number of aliphatic hydroxyl groups is 1. The summed E-state index contributed by atoms with van der Waals surface area (Å²) in [5, 5.41) is 12.2. The molecule has 0 saturated heterocycles. The van der Waals surface area contributed by atoms with E-state index in [9.17, 15) is 4.79 Å². The summed E-state index contributed by atoms with van der Waals surface area (Å²) in [5.41, 5.74) is 0. The van der Waals surface area contributed by atoms with Crippen molar-refractivity contribution in [1.29, 1.82) is 0 Å². The number of carbonyl (C=O) groups excluding carboxylic acids is 1. The van der Waals surface area contributed by atoms with E-state index < -0.39 is 0 Å². The van der Waals surface area contributed by atoms with Crippen LogP contribution in [0, 0.1) is 29.6 Å². The highest BCUT2D eigenvalue weighted by Crippen LogP contribution is 2.57. The lowest BCUT2D eigenvalue weighted by atomic mass is 9.94. The number of aliphatic hydroxyl groups excluding tert-OH is 1. The molecule has 0 aromatic rings. The monoisotopic (exact) mass is 253 g/mol. The first kappa shape index (κ1) is 13.9. The molecule has 18 heavy (non-hydrogen) atoms. The largest absolute Gasteiger partial charge is 0.396 e. The van der Waals surface area contributed by atoms with E-state index >= 15 is 0 Å². The van der Waals surface area contributed by atoms with Gasteiger partial charge in [-0.25, -0.2) is 0 Å². The molecule has 2 saturated carbocycles. The Bertz CT molecular complexity index is 280. The highest BCUT2D eigenvalue weighted by molar-refractivity contribution is 5.82. The Kier molecular flexibility index (Phi) is 4.66. The van der Waals surface area contributed by atoms with Crippen LogP contribution in [0.4, 0.5) is 0 Å². The maximum absolute atomic E-state index is 12.0. The van der Waals surface area contributed by atoms with Gasteiger partial charge >= 0.3 is 0 Å². The van der Waals surface area contributed by atoms with Gasteiger partial charge in [-0.1, -0.05) is 20.3 Å². The van der Waals surface area contributed by atoms with E-state index in [1.165, 1.54) is 19.3 Å². The van der Waals surface area contributed by atoms with Crippen LogP contribution in [0.25, 0.3) is 0 Å². The quantitative estimate of drug-likeness (QED) is 0.730. The van der Waals surface area contributed by atoms with Crippen LogP contribution in [0.2, 0.25) is 0 Å². The van der Waals surface area contributed by atoms with Crippen molar-refractivity contribution in [2.24, 2.45) is 29.6 Å². The van der Waals surface area contributed by atoms with Gasteiger partial charge in [0.1, 0.15) is 0 Å². The van der Waals surface area contributed by atoms with Gasteiger partial charge in [0, 0.05) is 19.1 Å². The van der Waals surface area contributed by atoms with Crippen molar-refractivity contribution in [2.75, 3.05) is 13.2 Å². The van der Waals surface area contributed by atoms with E-state index in [2.05, 4.69) is 19.2 Å². The van der Waals surface area contributed by atoms with E-state index in [-0.39, 0.29) is 12.5 Å². The van der Waals surface area contributed by atoms with Crippen LogP contribution in [0.5, 0.6) is 0 Å². The van der Waals surface area contributed by atoms with Crippen molar-refractivity contribution in [3.63, 3.8) is 0 Å². The average Bonchev–Trinajstić information content (AvgIpc) is 2.79. The number of rotatable bonds is 7. The first-order chi connectivity index (χ1) is 8.63. The predicted octanol–water partition coefficient (Wildman–Crippen LogP) is 2.19. The van der Waals surface area contributed by atoms with Gasteiger partial charge in [0.25, 0.3) is 0 Å². The molecule has 0 aromatic heterocycles. The molecule has 3 atom stereocenters. The molecule has 0 aromatic carbocycles. The third kappa shape index (κ3) is 3.25. The van der Waals surface area contributed by atoms with Gasteiger partial charge in [-0.3, -0.25) is 4.79 Å². The summed E-state index contributed by atoms with van der Waals surface area (Å²) in [4.78, 5) is 12.0. The van der Waals surface area contributed by atoms with Gasteiger partial charge in [0.2, 0.25) is 5.91 Å². The number of amides is 1. The second kappa shape index (κ2) is 6.05. The smallest absolute Gasteiger partial charge is 0.223 e. The molecule has 0 radical (unpaired) electrons. The predicted molar refractivity (Wildman–Crippen MR) is 72.0 cm³/mol. The minimum absolute atomic E-state index is 0.224. The SMILES string of the molecule is CC(C)CC(CCO)CNC(=O)C1C2CCCC21. The summed E-state index contributed by atoms with van der Waals surface area (Å²) in [5.74, 6) is 3.05. The van der Waals surface area contributed by atoms with Gasteiger partial charge in [-0.2, -0.15) is 0 Å². The summed E-state index contributed by atoms with van der Waals surface area (Å²) in [6.45, 7) is 5.35. The molecule has 0 aliphatic heterocycles. The van der Waals surface area contributed by atoms with Crippen molar-refractivity contribution >= 4 is 5.91 Å². The molecule has 0 spiro atoms. The number of fused-ring (bicyclic) bond motifs is 1. The van der Waals surface area contributed by atoms with Crippen molar-refractivity contribution < 1.29 is 9.90 Å². The molecule has 3 unspecified atom stereocenters. The number of carbonyl (C=O) groups is 1. The van der Waals surface area contributed by atoms with Gasteiger partial charge in [-0.15, -0.1) is 0 Å². The third-order valence-electron chi connectivity index (χ3n) is 4.62. The molecule has 2 fully saturated rings. The van der Waals surface area contributed by atoms with Crippen LogP contribution in [0.3, 0.4) is 0 Å². The fourth-order valence-corrected chi connectivity index (χ4v) is 3.73. The first-order valence-corrected chi connectivity index (χ1v) is 7.52. The van der Waals surface area contributed by atoms with Gasteiger partial charge in [0.15, 0.2) is 0 Å². The minimum Gasteiger partial charge on any atom is -0.396 e. The van der Waals surface area contributed by atoms with E-state index in [4.69, 9.17) is 5.11 Å². The average molecular weight is 253 g/mol. The zero-order valence-corrected chi connectivity index (χ0v) is 11.7. The van der Waals surface area contributed by atoms with Gasteiger partial charge < -0.3 is 10.4 Å². The summed E-state index contributed by atoms with van der Waals surface area (Å²) >= 11 is 0. The second-order valence-electron chi connectivity index (χ2n) is 6.54. The Morgan fingerprint density at radius 3 is 2.56 bits per heavy atom. The van der Waals surface area contributed by atoms with Crippen molar-refractivity contribution in [3.8, 4) is 0 Å². The topological polar surface area (TPSA) is 49.3 Å². The maximum atomic E-state index is 12.0. The molecule has 1 amide bonds. The van der Waals surface area contributed by atoms with Crippen molar-refractivity contribution in [3.05, 3.63) is 0 Å². The molecule has 2 rings (SSSR count). The van der Waals surface area contributed by atoms with Crippen LogP contribution in [-0.4, -0.2) is 24.2 Å². The lowest BCUT2D eigenvalue weighted by molar-refractivity contribution is -0.123.